The number of halogens is 1. The minimum Gasteiger partial charge on any atom is -0.248 e. The molecule has 2 rings (SSSR count). The van der Waals surface area contributed by atoms with Crippen LogP contribution < -0.4 is 0 Å². The third-order valence-corrected chi connectivity index (χ3v) is 2.20. The molecule has 0 saturated carbocycles. The van der Waals surface area contributed by atoms with Crippen molar-refractivity contribution in [2.45, 2.75) is 6.54 Å². The molecule has 0 aliphatic rings. The molecule has 0 spiro atoms. The molecule has 0 N–H and O–H groups in total. The lowest BCUT2D eigenvalue weighted by Crippen LogP contribution is -2.00. The molecule has 0 unspecified atom stereocenters. The summed E-state index contributed by atoms with van der Waals surface area (Å²) in [6, 6.07) is 8.15. The Labute approximate surface area is 84.5 Å². The van der Waals surface area contributed by atoms with Crippen molar-refractivity contribution in [3.63, 3.8) is 0 Å². The molecule has 3 nitrogen and oxygen atoms in total. The highest BCUT2D eigenvalue weighted by atomic mass is 79.9. The van der Waals surface area contributed by atoms with Crippen LogP contribution in [-0.2, 0) is 6.54 Å². The van der Waals surface area contributed by atoms with Gasteiger partial charge in [-0.15, -0.1) is 5.10 Å². The Morgan fingerprint density at radius 1 is 1.38 bits per heavy atom. The fourth-order valence-corrected chi connectivity index (χ4v) is 1.59. The minimum absolute atomic E-state index is 0.763. The molecule has 2 aromatic rings. The Bertz CT molecular complexity index is 384. The number of hydrogen-bond donors (Lipinski definition) is 0. The van der Waals surface area contributed by atoms with Gasteiger partial charge in [-0.25, -0.2) is 4.68 Å². The third kappa shape index (κ3) is 2.15. The molecule has 0 amide bonds. The summed E-state index contributed by atoms with van der Waals surface area (Å²) in [4.78, 5) is 0. The molecule has 0 saturated heterocycles. The fraction of sp³-hybridized carbons (Fsp3) is 0.111. The summed E-state index contributed by atoms with van der Waals surface area (Å²) >= 11 is 3.42. The average Bonchev–Trinajstić information content (AvgIpc) is 2.57. The van der Waals surface area contributed by atoms with Gasteiger partial charge in [0.2, 0.25) is 0 Å². The van der Waals surface area contributed by atoms with E-state index in [0.717, 1.165) is 11.0 Å². The molecule has 0 aliphatic heterocycles. The van der Waals surface area contributed by atoms with Crippen molar-refractivity contribution < 1.29 is 0 Å². The molecular weight excluding hydrogens is 230 g/mol. The lowest BCUT2D eigenvalue weighted by Gasteiger charge is -2.00. The first kappa shape index (κ1) is 8.44. The molecule has 1 aromatic heterocycles. The summed E-state index contributed by atoms with van der Waals surface area (Å²) in [5, 5.41) is 7.63. The predicted molar refractivity (Wildman–Crippen MR) is 53.3 cm³/mol. The van der Waals surface area contributed by atoms with Crippen molar-refractivity contribution >= 4 is 15.9 Å². The molecule has 0 aliphatic carbocycles. The highest BCUT2D eigenvalue weighted by Gasteiger charge is 1.95. The summed E-state index contributed by atoms with van der Waals surface area (Å²) < 4.78 is 2.88. The van der Waals surface area contributed by atoms with E-state index >= 15 is 0 Å². The molecule has 1 aromatic carbocycles. The highest BCUT2D eigenvalue weighted by Crippen LogP contribution is 2.11. The quantitative estimate of drug-likeness (QED) is 0.801. The summed E-state index contributed by atoms with van der Waals surface area (Å²) in [7, 11) is 0. The van der Waals surface area contributed by atoms with Crippen LogP contribution in [0.2, 0.25) is 0 Å². The molecule has 66 valence electrons. The van der Waals surface area contributed by atoms with Crippen LogP contribution in [0.5, 0.6) is 0 Å². The molecule has 0 bridgehead atoms. The Morgan fingerprint density at radius 3 is 3.00 bits per heavy atom. The fourth-order valence-electron chi connectivity index (χ4n) is 1.14. The Kier molecular flexibility index (Phi) is 2.40. The van der Waals surface area contributed by atoms with Crippen LogP contribution in [0, 0.1) is 0 Å². The molecule has 4 heteroatoms. The number of aromatic nitrogens is 3. The van der Waals surface area contributed by atoms with E-state index in [-0.39, 0.29) is 0 Å². The van der Waals surface area contributed by atoms with Crippen molar-refractivity contribution in [2.75, 3.05) is 0 Å². The normalized spacial score (nSPS) is 10.2. The molecule has 1 heterocycles. The molecule has 0 fully saturated rings. The zero-order valence-electron chi connectivity index (χ0n) is 6.89. The van der Waals surface area contributed by atoms with Crippen LogP contribution >= 0.6 is 15.9 Å². The van der Waals surface area contributed by atoms with Gasteiger partial charge in [0, 0.05) is 10.7 Å². The molecule has 0 radical (unpaired) electrons. The standard InChI is InChI=1S/C9H8BrN3/c10-9-3-1-2-8(6-9)7-13-5-4-11-12-13/h1-6H,7H2. The lowest BCUT2D eigenvalue weighted by atomic mass is 10.2. The van der Waals surface area contributed by atoms with Crippen molar-refractivity contribution in [1.29, 1.82) is 0 Å². The second kappa shape index (κ2) is 3.70. The van der Waals surface area contributed by atoms with Gasteiger partial charge in [-0.3, -0.25) is 0 Å². The van der Waals surface area contributed by atoms with Crippen LogP contribution in [0.1, 0.15) is 5.56 Å². The van der Waals surface area contributed by atoms with Gasteiger partial charge in [0.25, 0.3) is 0 Å². The van der Waals surface area contributed by atoms with Crippen LogP contribution in [-0.4, -0.2) is 15.0 Å². The van der Waals surface area contributed by atoms with Gasteiger partial charge in [-0.05, 0) is 17.7 Å². The largest absolute Gasteiger partial charge is 0.248 e. The van der Waals surface area contributed by atoms with Crippen LogP contribution in [0.15, 0.2) is 41.1 Å². The smallest absolute Gasteiger partial charge is 0.0693 e. The minimum atomic E-state index is 0.763. The maximum atomic E-state index is 3.89. The number of hydrogen-bond acceptors (Lipinski definition) is 2. The Morgan fingerprint density at radius 2 is 2.31 bits per heavy atom. The number of benzene rings is 1. The predicted octanol–water partition coefficient (Wildman–Crippen LogP) is 2.09. The van der Waals surface area contributed by atoms with E-state index in [2.05, 4.69) is 38.4 Å². The van der Waals surface area contributed by atoms with E-state index in [1.807, 2.05) is 18.3 Å². The van der Waals surface area contributed by atoms with Gasteiger partial charge in [0.05, 0.1) is 12.7 Å². The topological polar surface area (TPSA) is 30.7 Å². The maximum Gasteiger partial charge on any atom is 0.0693 e. The molecule has 0 atom stereocenters. The van der Waals surface area contributed by atoms with Crippen LogP contribution in [0.3, 0.4) is 0 Å². The average molecular weight is 238 g/mol. The SMILES string of the molecule is Brc1cccc(Cn2ccnn2)c1. The van der Waals surface area contributed by atoms with Crippen molar-refractivity contribution in [1.82, 2.24) is 15.0 Å². The van der Waals surface area contributed by atoms with E-state index in [0.29, 0.717) is 0 Å². The van der Waals surface area contributed by atoms with E-state index in [1.165, 1.54) is 5.56 Å². The summed E-state index contributed by atoms with van der Waals surface area (Å²) in [5.41, 5.74) is 1.21. The second-order valence-corrected chi connectivity index (χ2v) is 3.65. The van der Waals surface area contributed by atoms with Gasteiger partial charge >= 0.3 is 0 Å². The van der Waals surface area contributed by atoms with Crippen LogP contribution in [0.25, 0.3) is 0 Å². The van der Waals surface area contributed by atoms with Gasteiger partial charge in [0.15, 0.2) is 0 Å². The Balaban J connectivity index is 2.19. The van der Waals surface area contributed by atoms with E-state index < -0.39 is 0 Å². The molecular formula is C9H8BrN3. The van der Waals surface area contributed by atoms with Crippen LogP contribution in [0.4, 0.5) is 0 Å². The van der Waals surface area contributed by atoms with Gasteiger partial charge < -0.3 is 0 Å². The first-order chi connectivity index (χ1) is 6.34. The Hall–Kier alpha value is -1.16. The molecule has 13 heavy (non-hydrogen) atoms. The first-order valence-electron chi connectivity index (χ1n) is 3.93. The first-order valence-corrected chi connectivity index (χ1v) is 4.72. The summed E-state index contributed by atoms with van der Waals surface area (Å²) in [6.07, 6.45) is 3.53. The van der Waals surface area contributed by atoms with Gasteiger partial charge in [0.1, 0.15) is 0 Å². The maximum absolute atomic E-state index is 3.89. The van der Waals surface area contributed by atoms with Gasteiger partial charge in [-0.1, -0.05) is 33.3 Å². The summed E-state index contributed by atoms with van der Waals surface area (Å²) in [5.74, 6) is 0. The van der Waals surface area contributed by atoms with Crippen molar-refractivity contribution in [2.24, 2.45) is 0 Å². The third-order valence-electron chi connectivity index (χ3n) is 1.71. The second-order valence-electron chi connectivity index (χ2n) is 2.73. The summed E-state index contributed by atoms with van der Waals surface area (Å²) in [6.45, 7) is 0.763. The van der Waals surface area contributed by atoms with E-state index in [9.17, 15) is 0 Å². The van der Waals surface area contributed by atoms with Crippen molar-refractivity contribution in [3.8, 4) is 0 Å². The lowest BCUT2D eigenvalue weighted by molar-refractivity contribution is 0.649. The number of rotatable bonds is 2. The van der Waals surface area contributed by atoms with Gasteiger partial charge in [-0.2, -0.15) is 0 Å². The van der Waals surface area contributed by atoms with E-state index in [1.54, 1.807) is 10.9 Å². The zero-order valence-corrected chi connectivity index (χ0v) is 8.48. The zero-order chi connectivity index (χ0) is 9.10. The van der Waals surface area contributed by atoms with E-state index in [4.69, 9.17) is 0 Å². The monoisotopic (exact) mass is 237 g/mol. The van der Waals surface area contributed by atoms with Crippen molar-refractivity contribution in [3.05, 3.63) is 46.7 Å². The number of nitrogens with zero attached hydrogens (tertiary/aromatic N) is 3. The highest BCUT2D eigenvalue weighted by molar-refractivity contribution is 9.10.